The number of para-hydroxylation sites is 1. The number of rotatable bonds is 9. The smallest absolute Gasteiger partial charge is 0.281 e. The lowest BCUT2D eigenvalue weighted by Gasteiger charge is -2.13. The molecule has 1 amide bonds. The maximum absolute atomic E-state index is 14.3. The van der Waals surface area contributed by atoms with Crippen molar-refractivity contribution in [2.24, 2.45) is 5.92 Å². The van der Waals surface area contributed by atoms with Gasteiger partial charge in [-0.05, 0) is 48.4 Å². The summed E-state index contributed by atoms with van der Waals surface area (Å²) in [5.74, 6) is -0.700. The van der Waals surface area contributed by atoms with Crippen molar-refractivity contribution in [2.45, 2.75) is 18.9 Å². The van der Waals surface area contributed by atoms with Crippen molar-refractivity contribution in [3.05, 3.63) is 84.3 Å². The van der Waals surface area contributed by atoms with Crippen LogP contribution in [0, 0.1) is 11.7 Å². The van der Waals surface area contributed by atoms with Crippen molar-refractivity contribution in [1.29, 1.82) is 0 Å². The third-order valence-electron chi connectivity index (χ3n) is 4.80. The summed E-state index contributed by atoms with van der Waals surface area (Å²) in [6.07, 6.45) is 1.25. The predicted octanol–water partition coefficient (Wildman–Crippen LogP) is 4.56. The lowest BCUT2D eigenvalue weighted by atomic mass is 10.1. The van der Waals surface area contributed by atoms with Crippen LogP contribution in [0.5, 0.6) is 17.4 Å². The Balaban J connectivity index is 1.71. The maximum Gasteiger partial charge on any atom is 0.281 e. The van der Waals surface area contributed by atoms with E-state index in [0.717, 1.165) is 0 Å². The van der Waals surface area contributed by atoms with Crippen molar-refractivity contribution >= 4 is 15.9 Å². The Bertz CT molecular complexity index is 1460. The summed E-state index contributed by atoms with van der Waals surface area (Å²) < 4.78 is 52.8. The molecule has 0 saturated carbocycles. The van der Waals surface area contributed by atoms with Crippen molar-refractivity contribution in [3.8, 4) is 28.6 Å². The average Bonchev–Trinajstić information content (AvgIpc) is 3.39. The second kappa shape index (κ2) is 10.6. The van der Waals surface area contributed by atoms with Crippen LogP contribution in [0.25, 0.3) is 11.3 Å². The first-order valence-corrected chi connectivity index (χ1v) is 12.4. The lowest BCUT2D eigenvalue weighted by molar-refractivity contribution is 0.0978. The number of pyridine rings is 1. The van der Waals surface area contributed by atoms with E-state index in [1.807, 2.05) is 18.6 Å². The van der Waals surface area contributed by atoms with Crippen LogP contribution < -0.4 is 14.2 Å². The second-order valence-corrected chi connectivity index (χ2v) is 9.85. The van der Waals surface area contributed by atoms with Gasteiger partial charge in [0, 0.05) is 11.6 Å². The van der Waals surface area contributed by atoms with E-state index in [2.05, 4.69) is 15.2 Å². The Morgan fingerprint density at radius 2 is 1.83 bits per heavy atom. The van der Waals surface area contributed by atoms with Crippen LogP contribution in [-0.2, 0) is 10.0 Å². The van der Waals surface area contributed by atoms with Gasteiger partial charge < -0.3 is 9.47 Å². The van der Waals surface area contributed by atoms with Crippen LogP contribution in [0.3, 0.4) is 0 Å². The number of nitrogens with one attached hydrogen (secondary N) is 2. The number of carbonyl (C=O) groups is 1. The number of aromatic amines is 1. The van der Waals surface area contributed by atoms with Gasteiger partial charge in [0.15, 0.2) is 5.03 Å². The number of hydrogen-bond acceptors (Lipinski definition) is 7. The molecule has 0 radical (unpaired) electrons. The third kappa shape index (κ3) is 6.05. The Labute approximate surface area is 207 Å². The van der Waals surface area contributed by atoms with Gasteiger partial charge in [0.25, 0.3) is 15.9 Å². The molecule has 2 aromatic carbocycles. The second-order valence-electron chi connectivity index (χ2n) is 8.20. The number of benzene rings is 2. The van der Waals surface area contributed by atoms with E-state index < -0.39 is 21.7 Å². The van der Waals surface area contributed by atoms with Gasteiger partial charge in [0.05, 0.1) is 18.5 Å². The maximum atomic E-state index is 14.3. The van der Waals surface area contributed by atoms with Gasteiger partial charge in [-0.15, -0.1) is 0 Å². The van der Waals surface area contributed by atoms with Gasteiger partial charge in [-0.2, -0.15) is 13.5 Å². The number of aromatic nitrogens is 3. The van der Waals surface area contributed by atoms with Gasteiger partial charge in [0.1, 0.15) is 22.9 Å². The highest BCUT2D eigenvalue weighted by atomic mass is 32.2. The van der Waals surface area contributed by atoms with Gasteiger partial charge in [-0.3, -0.25) is 9.89 Å². The molecule has 11 heteroatoms. The molecule has 36 heavy (non-hydrogen) atoms. The van der Waals surface area contributed by atoms with Crippen LogP contribution in [0.15, 0.2) is 78.0 Å². The Hall–Kier alpha value is -4.25. The molecule has 0 aliphatic heterocycles. The monoisotopic (exact) mass is 510 g/mol. The number of hydrogen-bond donors (Lipinski definition) is 2. The van der Waals surface area contributed by atoms with E-state index in [0.29, 0.717) is 29.4 Å². The van der Waals surface area contributed by atoms with E-state index >= 15 is 0 Å². The molecule has 0 aliphatic rings. The molecule has 0 unspecified atom stereocenters. The fourth-order valence-corrected chi connectivity index (χ4v) is 4.01. The molecule has 0 aliphatic carbocycles. The number of ether oxygens (including phenoxy) is 2. The molecule has 0 spiro atoms. The van der Waals surface area contributed by atoms with Crippen molar-refractivity contribution in [3.63, 3.8) is 0 Å². The molecule has 2 N–H and O–H groups in total. The number of H-pyrrole nitrogens is 1. The van der Waals surface area contributed by atoms with Gasteiger partial charge in [-0.1, -0.05) is 32.0 Å². The number of nitrogens with zero attached hydrogens (tertiary/aromatic N) is 2. The number of sulfonamides is 1. The first-order valence-electron chi connectivity index (χ1n) is 11.0. The van der Waals surface area contributed by atoms with Crippen LogP contribution in [-0.4, -0.2) is 36.1 Å². The zero-order valence-corrected chi connectivity index (χ0v) is 20.3. The Morgan fingerprint density at radius 1 is 1.06 bits per heavy atom. The van der Waals surface area contributed by atoms with Crippen LogP contribution >= 0.6 is 0 Å². The zero-order valence-electron chi connectivity index (χ0n) is 19.4. The lowest BCUT2D eigenvalue weighted by Crippen LogP contribution is -2.31. The molecule has 0 atom stereocenters. The number of halogens is 1. The summed E-state index contributed by atoms with van der Waals surface area (Å²) in [5.41, 5.74) is 0.546. The molecule has 2 heterocycles. The van der Waals surface area contributed by atoms with Crippen LogP contribution in [0.1, 0.15) is 24.2 Å². The van der Waals surface area contributed by atoms with Gasteiger partial charge in [0.2, 0.25) is 5.88 Å². The minimum absolute atomic E-state index is 0.140. The Morgan fingerprint density at radius 3 is 2.53 bits per heavy atom. The van der Waals surface area contributed by atoms with E-state index in [1.54, 1.807) is 36.4 Å². The summed E-state index contributed by atoms with van der Waals surface area (Å²) in [6.45, 7) is 4.36. The highest BCUT2D eigenvalue weighted by Gasteiger charge is 2.24. The SMILES string of the molecule is CC(C)COc1cc(F)cc(-c2ccc(C(=O)NS(=O)(=O)c3ccn[nH]3)c(Oc3ccccc3)n2)c1. The molecule has 0 fully saturated rings. The molecule has 2 aromatic heterocycles. The molecule has 0 bridgehead atoms. The average molecular weight is 511 g/mol. The van der Waals surface area contributed by atoms with E-state index in [-0.39, 0.29) is 22.4 Å². The predicted molar refractivity (Wildman–Crippen MR) is 130 cm³/mol. The fraction of sp³-hybridized carbons (Fsp3) is 0.160. The molecule has 9 nitrogen and oxygen atoms in total. The summed E-state index contributed by atoms with van der Waals surface area (Å²) in [4.78, 5) is 17.4. The first-order chi connectivity index (χ1) is 17.2. The summed E-state index contributed by atoms with van der Waals surface area (Å²) >= 11 is 0. The molecule has 4 rings (SSSR count). The molecule has 0 saturated heterocycles. The van der Waals surface area contributed by atoms with Crippen LogP contribution in [0.4, 0.5) is 4.39 Å². The minimum atomic E-state index is -4.21. The standard InChI is InChI=1S/C25H23FN4O5S/c1-16(2)15-34-20-13-17(12-18(26)14-20)22-9-8-21(25(28-22)35-19-6-4-3-5-7-19)24(31)30-36(32,33)23-10-11-27-29-23/h3-14,16H,15H2,1-2H3,(H,27,29)(H,30,31). The van der Waals surface area contributed by atoms with Gasteiger partial charge >= 0.3 is 0 Å². The number of carbonyl (C=O) groups excluding carboxylic acids is 1. The Kier molecular flexibility index (Phi) is 7.30. The number of amides is 1. The van der Waals surface area contributed by atoms with Crippen molar-refractivity contribution in [1.82, 2.24) is 19.9 Å². The normalized spacial score (nSPS) is 11.3. The molecule has 4 aromatic rings. The summed E-state index contributed by atoms with van der Waals surface area (Å²) in [7, 11) is -4.21. The minimum Gasteiger partial charge on any atom is -0.493 e. The summed E-state index contributed by atoms with van der Waals surface area (Å²) in [5, 5.41) is 5.61. The molecular weight excluding hydrogens is 487 g/mol. The van der Waals surface area contributed by atoms with E-state index in [1.165, 1.54) is 36.5 Å². The summed E-state index contributed by atoms with van der Waals surface area (Å²) in [6, 6.07) is 16.8. The van der Waals surface area contributed by atoms with Crippen LogP contribution in [0.2, 0.25) is 0 Å². The first kappa shape index (κ1) is 24.9. The van der Waals surface area contributed by atoms with Gasteiger partial charge in [-0.25, -0.2) is 14.1 Å². The van der Waals surface area contributed by atoms with E-state index in [4.69, 9.17) is 9.47 Å². The van der Waals surface area contributed by atoms with Crippen molar-refractivity contribution in [2.75, 3.05) is 6.61 Å². The van der Waals surface area contributed by atoms with E-state index in [9.17, 15) is 17.6 Å². The topological polar surface area (TPSA) is 123 Å². The van der Waals surface area contributed by atoms with Crippen molar-refractivity contribution < 1.29 is 27.1 Å². The third-order valence-corrected chi connectivity index (χ3v) is 6.07. The molecule has 186 valence electrons. The zero-order chi connectivity index (χ0) is 25.7. The quantitative estimate of drug-likeness (QED) is 0.338. The highest BCUT2D eigenvalue weighted by molar-refractivity contribution is 7.90. The molecular formula is C25H23FN4O5S. The fourth-order valence-electron chi connectivity index (χ4n) is 3.13. The highest BCUT2D eigenvalue weighted by Crippen LogP contribution is 2.30. The largest absolute Gasteiger partial charge is 0.493 e.